The van der Waals surface area contributed by atoms with Crippen LogP contribution in [0.5, 0.6) is 0 Å². The highest BCUT2D eigenvalue weighted by Gasteiger charge is 2.13. The number of aryl methyl sites for hydroxylation is 1. The van der Waals surface area contributed by atoms with E-state index in [1.807, 2.05) is 23.1 Å². The van der Waals surface area contributed by atoms with Gasteiger partial charge in [-0.1, -0.05) is 25.1 Å². The van der Waals surface area contributed by atoms with Crippen molar-refractivity contribution in [2.75, 3.05) is 12.8 Å². The van der Waals surface area contributed by atoms with Gasteiger partial charge in [0.1, 0.15) is 0 Å². The van der Waals surface area contributed by atoms with E-state index in [2.05, 4.69) is 56.6 Å². The lowest BCUT2D eigenvalue weighted by atomic mass is 10.1. The van der Waals surface area contributed by atoms with Crippen molar-refractivity contribution in [1.82, 2.24) is 5.32 Å². The van der Waals surface area contributed by atoms with Crippen LogP contribution in [-0.2, 0) is 0 Å². The first-order valence-electron chi connectivity index (χ1n) is 6.87. The van der Waals surface area contributed by atoms with E-state index in [1.54, 1.807) is 0 Å². The molecule has 1 N–H and O–H groups in total. The fraction of sp³-hybridized carbons (Fsp3) is 0.500. The van der Waals surface area contributed by atoms with E-state index in [4.69, 9.17) is 0 Å². The number of fused-ring (bicyclic) bond motifs is 1. The van der Waals surface area contributed by atoms with E-state index in [0.29, 0.717) is 6.04 Å². The molecule has 0 aliphatic rings. The summed E-state index contributed by atoms with van der Waals surface area (Å²) in [6.07, 6.45) is 3.42. The molecule has 1 aromatic heterocycles. The van der Waals surface area contributed by atoms with Gasteiger partial charge in [-0.15, -0.1) is 11.3 Å². The number of thiophene rings is 1. The molecule has 0 bridgehead atoms. The lowest BCUT2D eigenvalue weighted by Gasteiger charge is -2.15. The Labute approximate surface area is 124 Å². The van der Waals surface area contributed by atoms with Gasteiger partial charge in [-0.2, -0.15) is 11.8 Å². The number of hydrogen-bond donors (Lipinski definition) is 1. The lowest BCUT2D eigenvalue weighted by Crippen LogP contribution is -2.21. The van der Waals surface area contributed by atoms with Crippen molar-refractivity contribution in [3.63, 3.8) is 0 Å². The Bertz CT molecular complexity index is 533. The highest BCUT2D eigenvalue weighted by atomic mass is 32.2. The van der Waals surface area contributed by atoms with Crippen molar-refractivity contribution < 1.29 is 0 Å². The third-order valence-corrected chi connectivity index (χ3v) is 6.17. The van der Waals surface area contributed by atoms with Crippen LogP contribution in [0.1, 0.15) is 36.8 Å². The van der Waals surface area contributed by atoms with Gasteiger partial charge < -0.3 is 5.32 Å². The molecule has 1 nitrogen and oxygen atoms in total. The summed E-state index contributed by atoms with van der Waals surface area (Å²) in [5.41, 5.74) is 1.44. The molecule has 0 saturated heterocycles. The first-order valence-corrected chi connectivity index (χ1v) is 8.98. The molecule has 1 heterocycles. The predicted octanol–water partition coefficient (Wildman–Crippen LogP) is 5.00. The molecule has 0 aliphatic heterocycles. The fourth-order valence-corrected chi connectivity index (χ4v) is 3.91. The second-order valence-electron chi connectivity index (χ2n) is 5.10. The van der Waals surface area contributed by atoms with Crippen LogP contribution in [0.4, 0.5) is 0 Å². The zero-order valence-electron chi connectivity index (χ0n) is 12.2. The molecule has 0 aliphatic carbocycles. The molecule has 0 amide bonds. The zero-order chi connectivity index (χ0) is 13.8. The number of thioether (sulfide) groups is 1. The lowest BCUT2D eigenvalue weighted by molar-refractivity contribution is 0.563. The van der Waals surface area contributed by atoms with E-state index in [1.165, 1.54) is 26.9 Å². The quantitative estimate of drug-likeness (QED) is 0.804. The van der Waals surface area contributed by atoms with Crippen LogP contribution in [0.3, 0.4) is 0 Å². The molecular weight excluding hydrogens is 270 g/mol. The molecule has 3 heteroatoms. The monoisotopic (exact) mass is 293 g/mol. The van der Waals surface area contributed by atoms with Gasteiger partial charge in [0.15, 0.2) is 0 Å². The van der Waals surface area contributed by atoms with Crippen LogP contribution in [0.2, 0.25) is 0 Å². The Hall–Kier alpha value is -0.510. The Balaban J connectivity index is 2.05. The van der Waals surface area contributed by atoms with Crippen LogP contribution in [0.15, 0.2) is 24.3 Å². The van der Waals surface area contributed by atoms with Crippen LogP contribution in [0.25, 0.3) is 10.1 Å². The summed E-state index contributed by atoms with van der Waals surface area (Å²) in [6.45, 7) is 7.91. The topological polar surface area (TPSA) is 12.0 Å². The Morgan fingerprint density at radius 2 is 2.00 bits per heavy atom. The standard InChI is InChI=1S/C16H23NS2/c1-11(18-4)9-10-17-13(3)16-12(2)14-7-5-6-8-15(14)19-16/h5-8,11,13,17H,9-10H2,1-4H3. The van der Waals surface area contributed by atoms with Gasteiger partial charge in [-0.05, 0) is 50.1 Å². The third kappa shape index (κ3) is 3.53. The number of rotatable bonds is 6. The van der Waals surface area contributed by atoms with Gasteiger partial charge in [-0.25, -0.2) is 0 Å². The van der Waals surface area contributed by atoms with Gasteiger partial charge in [0.05, 0.1) is 0 Å². The summed E-state index contributed by atoms with van der Waals surface area (Å²) in [5, 5.41) is 5.81. The average molecular weight is 294 g/mol. The molecular formula is C16H23NS2. The molecule has 0 radical (unpaired) electrons. The minimum Gasteiger partial charge on any atom is -0.309 e. The van der Waals surface area contributed by atoms with Crippen molar-refractivity contribution in [2.45, 2.75) is 38.5 Å². The van der Waals surface area contributed by atoms with Crippen molar-refractivity contribution in [3.8, 4) is 0 Å². The highest BCUT2D eigenvalue weighted by Crippen LogP contribution is 2.34. The highest BCUT2D eigenvalue weighted by molar-refractivity contribution is 7.99. The van der Waals surface area contributed by atoms with Gasteiger partial charge in [0.2, 0.25) is 0 Å². The van der Waals surface area contributed by atoms with E-state index in [0.717, 1.165) is 11.8 Å². The van der Waals surface area contributed by atoms with E-state index in [-0.39, 0.29) is 0 Å². The normalized spacial score (nSPS) is 14.7. The largest absolute Gasteiger partial charge is 0.309 e. The Kier molecular flexibility index (Phi) is 5.31. The van der Waals surface area contributed by atoms with Crippen LogP contribution < -0.4 is 5.32 Å². The zero-order valence-corrected chi connectivity index (χ0v) is 13.8. The molecule has 19 heavy (non-hydrogen) atoms. The van der Waals surface area contributed by atoms with E-state index in [9.17, 15) is 0 Å². The summed E-state index contributed by atoms with van der Waals surface area (Å²) in [7, 11) is 0. The first kappa shape index (κ1) is 14.9. The predicted molar refractivity (Wildman–Crippen MR) is 90.6 cm³/mol. The number of benzene rings is 1. The Morgan fingerprint density at radius 3 is 2.68 bits per heavy atom. The summed E-state index contributed by atoms with van der Waals surface area (Å²) < 4.78 is 1.40. The average Bonchev–Trinajstić information content (AvgIpc) is 2.76. The van der Waals surface area contributed by atoms with Crippen molar-refractivity contribution in [1.29, 1.82) is 0 Å². The molecule has 104 valence electrons. The Morgan fingerprint density at radius 1 is 1.26 bits per heavy atom. The maximum Gasteiger partial charge on any atom is 0.0389 e. The minimum atomic E-state index is 0.450. The van der Waals surface area contributed by atoms with Crippen molar-refractivity contribution >= 4 is 33.2 Å². The van der Waals surface area contributed by atoms with Gasteiger partial charge in [0, 0.05) is 20.9 Å². The summed E-state index contributed by atoms with van der Waals surface area (Å²) in [5.74, 6) is 0. The van der Waals surface area contributed by atoms with Crippen molar-refractivity contribution in [3.05, 3.63) is 34.7 Å². The van der Waals surface area contributed by atoms with Crippen LogP contribution >= 0.6 is 23.1 Å². The molecule has 1 aromatic carbocycles. The van der Waals surface area contributed by atoms with E-state index < -0.39 is 0 Å². The molecule has 0 spiro atoms. The fourth-order valence-electron chi connectivity index (χ4n) is 2.32. The summed E-state index contributed by atoms with van der Waals surface area (Å²) in [6, 6.07) is 9.16. The summed E-state index contributed by atoms with van der Waals surface area (Å²) in [4.78, 5) is 1.48. The third-order valence-electron chi connectivity index (χ3n) is 3.68. The minimum absolute atomic E-state index is 0.450. The van der Waals surface area contributed by atoms with Gasteiger partial charge in [-0.3, -0.25) is 0 Å². The second kappa shape index (κ2) is 6.78. The SMILES string of the molecule is CSC(C)CCNC(C)c1sc2ccccc2c1C. The molecule has 0 fully saturated rings. The first-order chi connectivity index (χ1) is 9.13. The van der Waals surface area contributed by atoms with E-state index >= 15 is 0 Å². The second-order valence-corrected chi connectivity index (χ2v) is 7.46. The van der Waals surface area contributed by atoms with Gasteiger partial charge in [0.25, 0.3) is 0 Å². The van der Waals surface area contributed by atoms with Crippen molar-refractivity contribution in [2.24, 2.45) is 0 Å². The maximum absolute atomic E-state index is 3.66. The maximum atomic E-state index is 3.66. The molecule has 2 atom stereocenters. The number of nitrogens with one attached hydrogen (secondary N) is 1. The van der Waals surface area contributed by atoms with Crippen LogP contribution in [-0.4, -0.2) is 18.1 Å². The molecule has 2 unspecified atom stereocenters. The van der Waals surface area contributed by atoms with Crippen LogP contribution in [0, 0.1) is 6.92 Å². The molecule has 2 rings (SSSR count). The molecule has 2 aromatic rings. The summed E-state index contributed by atoms with van der Waals surface area (Å²) >= 11 is 3.87. The smallest absolute Gasteiger partial charge is 0.0389 e. The van der Waals surface area contributed by atoms with Gasteiger partial charge >= 0.3 is 0 Å². The number of hydrogen-bond acceptors (Lipinski definition) is 3. The molecule has 0 saturated carbocycles.